The van der Waals surface area contributed by atoms with Crippen molar-refractivity contribution in [2.24, 2.45) is 11.8 Å². The smallest absolute Gasteiger partial charge is 0.231 e. The lowest BCUT2D eigenvalue weighted by atomic mass is 9.92. The van der Waals surface area contributed by atoms with Gasteiger partial charge in [0.2, 0.25) is 5.91 Å². The highest BCUT2D eigenvalue weighted by Gasteiger charge is 2.28. The molecule has 0 aliphatic carbocycles. The molecule has 2 aliphatic heterocycles. The first-order valence-corrected chi connectivity index (χ1v) is 11.9. The van der Waals surface area contributed by atoms with Crippen LogP contribution in [-0.2, 0) is 11.3 Å². The number of hydrogen-bond acceptors (Lipinski definition) is 5. The van der Waals surface area contributed by atoms with Gasteiger partial charge in [0.05, 0.1) is 5.56 Å². The summed E-state index contributed by atoms with van der Waals surface area (Å²) < 4.78 is 0. The van der Waals surface area contributed by atoms with E-state index in [0.29, 0.717) is 23.8 Å². The van der Waals surface area contributed by atoms with E-state index in [2.05, 4.69) is 51.6 Å². The highest BCUT2D eigenvalue weighted by atomic mass is 16.2. The Morgan fingerprint density at radius 2 is 1.84 bits per heavy atom. The Balaban J connectivity index is 1.34. The molecule has 0 saturated carbocycles. The van der Waals surface area contributed by atoms with Crippen LogP contribution in [0.25, 0.3) is 0 Å². The van der Waals surface area contributed by atoms with Crippen LogP contribution in [0, 0.1) is 23.2 Å². The maximum atomic E-state index is 13.4. The molecule has 0 radical (unpaired) electrons. The van der Waals surface area contributed by atoms with Gasteiger partial charge in [0.25, 0.3) is 0 Å². The van der Waals surface area contributed by atoms with Crippen LogP contribution < -0.4 is 10.2 Å². The van der Waals surface area contributed by atoms with Crippen molar-refractivity contribution in [2.45, 2.75) is 38.6 Å². The van der Waals surface area contributed by atoms with Gasteiger partial charge in [0.15, 0.2) is 0 Å². The lowest BCUT2D eigenvalue weighted by molar-refractivity contribution is -0.123. The zero-order valence-electron chi connectivity index (χ0n) is 18.7. The summed E-state index contributed by atoms with van der Waals surface area (Å²) >= 11 is 0. The van der Waals surface area contributed by atoms with Crippen LogP contribution in [0.4, 0.5) is 5.82 Å². The minimum atomic E-state index is 0.0569. The summed E-state index contributed by atoms with van der Waals surface area (Å²) in [5.41, 5.74) is 1.89. The van der Waals surface area contributed by atoms with Gasteiger partial charge in [-0.05, 0) is 81.9 Å². The van der Waals surface area contributed by atoms with Crippen molar-refractivity contribution in [3.8, 4) is 6.07 Å². The molecule has 2 aromatic rings. The third kappa shape index (κ3) is 5.93. The molecule has 1 aromatic carbocycles. The average molecular weight is 432 g/mol. The number of rotatable bonds is 7. The van der Waals surface area contributed by atoms with Crippen LogP contribution in [0.2, 0.25) is 0 Å². The van der Waals surface area contributed by atoms with Crippen molar-refractivity contribution in [3.05, 3.63) is 59.8 Å². The van der Waals surface area contributed by atoms with Crippen molar-refractivity contribution in [2.75, 3.05) is 37.6 Å². The van der Waals surface area contributed by atoms with Gasteiger partial charge in [-0.25, -0.2) is 4.98 Å². The van der Waals surface area contributed by atoms with E-state index in [1.165, 1.54) is 18.4 Å². The highest BCUT2D eigenvalue weighted by Crippen LogP contribution is 2.25. The van der Waals surface area contributed by atoms with E-state index >= 15 is 0 Å². The zero-order valence-corrected chi connectivity index (χ0v) is 18.7. The van der Waals surface area contributed by atoms with E-state index < -0.39 is 0 Å². The van der Waals surface area contributed by atoms with Crippen molar-refractivity contribution < 1.29 is 4.79 Å². The second-order valence-electron chi connectivity index (χ2n) is 9.02. The predicted molar refractivity (Wildman–Crippen MR) is 126 cm³/mol. The monoisotopic (exact) mass is 431 g/mol. The Hall–Kier alpha value is -2.75. The number of likely N-dealkylation sites (tertiary alicyclic amines) is 1. The normalized spacial score (nSPS) is 18.2. The number of benzene rings is 1. The first-order chi connectivity index (χ1) is 15.7. The van der Waals surface area contributed by atoms with E-state index in [1.807, 2.05) is 11.0 Å². The summed E-state index contributed by atoms with van der Waals surface area (Å²) in [7, 11) is 0. The fraction of sp³-hybridized carbons (Fsp3) is 0.500. The number of amides is 1. The molecule has 32 heavy (non-hydrogen) atoms. The molecular weight excluding hydrogens is 398 g/mol. The third-order valence-electron chi connectivity index (χ3n) is 6.83. The molecule has 0 bridgehead atoms. The van der Waals surface area contributed by atoms with Gasteiger partial charge >= 0.3 is 0 Å². The van der Waals surface area contributed by atoms with Gasteiger partial charge in [0.1, 0.15) is 11.9 Å². The predicted octanol–water partition coefficient (Wildman–Crippen LogP) is 3.59. The fourth-order valence-corrected chi connectivity index (χ4v) is 4.83. The number of nitrogens with one attached hydrogen (secondary N) is 1. The van der Waals surface area contributed by atoms with E-state index in [0.717, 1.165) is 52.0 Å². The maximum absolute atomic E-state index is 13.4. The second-order valence-corrected chi connectivity index (χ2v) is 9.02. The first-order valence-electron chi connectivity index (χ1n) is 11.9. The minimum absolute atomic E-state index is 0.0569. The molecule has 168 valence electrons. The van der Waals surface area contributed by atoms with Crippen LogP contribution in [0.5, 0.6) is 0 Å². The van der Waals surface area contributed by atoms with Gasteiger partial charge in [-0.3, -0.25) is 14.6 Å². The minimum Gasteiger partial charge on any atom is -0.317 e. The van der Waals surface area contributed by atoms with Crippen molar-refractivity contribution in [3.63, 3.8) is 0 Å². The molecule has 6 heteroatoms. The summed E-state index contributed by atoms with van der Waals surface area (Å²) in [6.45, 7) is 5.72. The largest absolute Gasteiger partial charge is 0.317 e. The van der Waals surface area contributed by atoms with E-state index in [4.69, 9.17) is 5.26 Å². The third-order valence-corrected chi connectivity index (χ3v) is 6.83. The van der Waals surface area contributed by atoms with Gasteiger partial charge in [-0.2, -0.15) is 5.26 Å². The summed E-state index contributed by atoms with van der Waals surface area (Å²) in [6.07, 6.45) is 6.66. The summed E-state index contributed by atoms with van der Waals surface area (Å²) in [5, 5.41) is 12.4. The summed E-state index contributed by atoms with van der Waals surface area (Å²) in [4.78, 5) is 22.2. The number of nitrogens with zero attached hydrogens (tertiary/aromatic N) is 4. The quantitative estimate of drug-likeness (QED) is 0.725. The molecule has 1 N–H and O–H groups in total. The van der Waals surface area contributed by atoms with Crippen LogP contribution in [0.3, 0.4) is 0 Å². The summed E-state index contributed by atoms with van der Waals surface area (Å²) in [6, 6.07) is 16.4. The van der Waals surface area contributed by atoms with Gasteiger partial charge < -0.3 is 5.32 Å². The Labute approximate surface area is 191 Å². The molecule has 1 aromatic heterocycles. The number of aromatic nitrogens is 1. The lowest BCUT2D eigenvalue weighted by Gasteiger charge is -2.34. The topological polar surface area (TPSA) is 72.3 Å². The van der Waals surface area contributed by atoms with Crippen LogP contribution in [-0.4, -0.2) is 48.5 Å². The number of hydrogen-bond donors (Lipinski definition) is 1. The van der Waals surface area contributed by atoms with Gasteiger partial charge in [0, 0.05) is 25.2 Å². The molecule has 2 saturated heterocycles. The Morgan fingerprint density at radius 1 is 1.09 bits per heavy atom. The maximum Gasteiger partial charge on any atom is 0.231 e. The van der Waals surface area contributed by atoms with E-state index in [9.17, 15) is 4.79 Å². The van der Waals surface area contributed by atoms with Crippen molar-refractivity contribution >= 4 is 11.7 Å². The van der Waals surface area contributed by atoms with Crippen LogP contribution in [0.1, 0.15) is 43.2 Å². The zero-order chi connectivity index (χ0) is 22.2. The van der Waals surface area contributed by atoms with Gasteiger partial charge in [-0.1, -0.05) is 30.3 Å². The van der Waals surface area contributed by atoms with Crippen LogP contribution >= 0.6 is 0 Å². The second kappa shape index (κ2) is 11.2. The molecule has 2 fully saturated rings. The Morgan fingerprint density at radius 3 is 2.50 bits per heavy atom. The molecule has 4 rings (SSSR count). The molecule has 6 nitrogen and oxygen atoms in total. The molecule has 3 heterocycles. The van der Waals surface area contributed by atoms with E-state index in [1.54, 1.807) is 12.3 Å². The molecule has 0 atom stereocenters. The van der Waals surface area contributed by atoms with E-state index in [-0.39, 0.29) is 11.8 Å². The van der Waals surface area contributed by atoms with Crippen LogP contribution in [0.15, 0.2) is 48.7 Å². The molecule has 0 unspecified atom stereocenters. The standard InChI is InChI=1S/C26H33N5O/c27-18-23-6-7-25(29-19-23)31(26(32)24-8-13-28-14-9-24)17-12-21-10-15-30(16-11-21)20-22-4-2-1-3-5-22/h1-7,19,21,24,28H,8-17,20H2. The SMILES string of the molecule is N#Cc1ccc(N(CCC2CCN(Cc3ccccc3)CC2)C(=O)C2CCNCC2)nc1. The van der Waals surface area contributed by atoms with Gasteiger partial charge in [-0.15, -0.1) is 0 Å². The molecular formula is C26H33N5O. The molecule has 0 spiro atoms. The number of pyridine rings is 1. The number of anilines is 1. The Bertz CT molecular complexity index is 894. The average Bonchev–Trinajstić information content (AvgIpc) is 2.86. The number of nitriles is 1. The number of piperidine rings is 2. The lowest BCUT2D eigenvalue weighted by Crippen LogP contribution is -2.43. The number of carbonyl (C=O) groups excluding carboxylic acids is 1. The molecule has 2 aliphatic rings. The van der Waals surface area contributed by atoms with Crippen molar-refractivity contribution in [1.82, 2.24) is 15.2 Å². The summed E-state index contributed by atoms with van der Waals surface area (Å²) in [5.74, 6) is 1.55. The Kier molecular flexibility index (Phi) is 7.87. The number of carbonyl (C=O) groups is 1. The van der Waals surface area contributed by atoms with Crippen molar-refractivity contribution in [1.29, 1.82) is 5.26 Å². The first kappa shape index (κ1) is 22.4. The fourth-order valence-electron chi connectivity index (χ4n) is 4.83. The highest BCUT2D eigenvalue weighted by molar-refractivity contribution is 5.94. The molecule has 1 amide bonds.